The molecule has 4 rings (SSSR count). The van der Waals surface area contributed by atoms with E-state index in [1.807, 2.05) is 23.1 Å². The van der Waals surface area contributed by atoms with Gasteiger partial charge in [-0.25, -0.2) is 4.39 Å². The SMILES string of the molecule is Cc1noc(-c2ccc(C(=O)N3CCN(Cc4ccccc4F)CC3)cc2)n1. The van der Waals surface area contributed by atoms with Crippen LogP contribution in [0.4, 0.5) is 4.39 Å². The molecule has 1 aromatic heterocycles. The molecule has 0 saturated carbocycles. The van der Waals surface area contributed by atoms with Crippen LogP contribution in [0, 0.1) is 12.7 Å². The summed E-state index contributed by atoms with van der Waals surface area (Å²) in [6, 6.07) is 14.0. The summed E-state index contributed by atoms with van der Waals surface area (Å²) in [7, 11) is 0. The highest BCUT2D eigenvalue weighted by molar-refractivity contribution is 5.94. The van der Waals surface area contributed by atoms with Crippen molar-refractivity contribution in [3.8, 4) is 11.5 Å². The molecule has 0 spiro atoms. The summed E-state index contributed by atoms with van der Waals surface area (Å²) in [6.07, 6.45) is 0. The van der Waals surface area contributed by atoms with Gasteiger partial charge in [-0.3, -0.25) is 9.69 Å². The Labute approximate surface area is 162 Å². The van der Waals surface area contributed by atoms with Crippen LogP contribution in [0.2, 0.25) is 0 Å². The third-order valence-corrected chi connectivity index (χ3v) is 4.92. The van der Waals surface area contributed by atoms with E-state index in [1.165, 1.54) is 6.07 Å². The van der Waals surface area contributed by atoms with Crippen molar-refractivity contribution < 1.29 is 13.7 Å². The normalized spacial score (nSPS) is 15.0. The predicted molar refractivity (Wildman–Crippen MR) is 102 cm³/mol. The number of hydrogen-bond donors (Lipinski definition) is 0. The van der Waals surface area contributed by atoms with E-state index in [9.17, 15) is 9.18 Å². The molecule has 7 heteroatoms. The zero-order valence-electron chi connectivity index (χ0n) is 15.6. The van der Waals surface area contributed by atoms with Crippen molar-refractivity contribution in [3.05, 3.63) is 71.3 Å². The van der Waals surface area contributed by atoms with E-state index in [0.29, 0.717) is 42.5 Å². The van der Waals surface area contributed by atoms with Gasteiger partial charge in [0.25, 0.3) is 11.8 Å². The summed E-state index contributed by atoms with van der Waals surface area (Å²) in [6.45, 7) is 5.01. The van der Waals surface area contributed by atoms with Crippen LogP contribution in [-0.4, -0.2) is 52.0 Å². The summed E-state index contributed by atoms with van der Waals surface area (Å²) in [5.74, 6) is 0.831. The van der Waals surface area contributed by atoms with Crippen LogP contribution in [0.25, 0.3) is 11.5 Å². The van der Waals surface area contributed by atoms with Crippen molar-refractivity contribution in [2.24, 2.45) is 0 Å². The van der Waals surface area contributed by atoms with Crippen molar-refractivity contribution in [2.75, 3.05) is 26.2 Å². The Hall–Kier alpha value is -3.06. The molecule has 0 aliphatic carbocycles. The molecule has 0 atom stereocenters. The molecular formula is C21H21FN4O2. The van der Waals surface area contributed by atoms with Crippen LogP contribution < -0.4 is 0 Å². The molecule has 144 valence electrons. The first kappa shape index (κ1) is 18.3. The molecule has 3 aromatic rings. The summed E-state index contributed by atoms with van der Waals surface area (Å²) < 4.78 is 19.0. The number of halogens is 1. The summed E-state index contributed by atoms with van der Waals surface area (Å²) in [4.78, 5) is 21.0. The first-order chi connectivity index (χ1) is 13.6. The highest BCUT2D eigenvalue weighted by atomic mass is 19.1. The minimum absolute atomic E-state index is 0.00111. The van der Waals surface area contributed by atoms with Gasteiger partial charge in [0.05, 0.1) is 0 Å². The molecule has 2 aromatic carbocycles. The Morgan fingerprint density at radius 3 is 2.43 bits per heavy atom. The number of aromatic nitrogens is 2. The number of benzene rings is 2. The molecule has 6 nitrogen and oxygen atoms in total. The van der Waals surface area contributed by atoms with Gasteiger partial charge in [-0.15, -0.1) is 0 Å². The van der Waals surface area contributed by atoms with E-state index in [4.69, 9.17) is 4.52 Å². The predicted octanol–water partition coefficient (Wildman–Crippen LogP) is 3.14. The molecule has 0 N–H and O–H groups in total. The Bertz CT molecular complexity index is 963. The van der Waals surface area contributed by atoms with Gasteiger partial charge in [0.2, 0.25) is 0 Å². The Morgan fingerprint density at radius 1 is 1.07 bits per heavy atom. The second kappa shape index (κ2) is 7.90. The van der Waals surface area contributed by atoms with Gasteiger partial charge in [-0.1, -0.05) is 23.4 Å². The van der Waals surface area contributed by atoms with Gasteiger partial charge >= 0.3 is 0 Å². The zero-order chi connectivity index (χ0) is 19.5. The molecule has 1 amide bonds. The maximum Gasteiger partial charge on any atom is 0.257 e. The van der Waals surface area contributed by atoms with Gasteiger partial charge in [0.1, 0.15) is 5.82 Å². The van der Waals surface area contributed by atoms with Crippen molar-refractivity contribution in [2.45, 2.75) is 13.5 Å². The van der Waals surface area contributed by atoms with Gasteiger partial charge in [-0.05, 0) is 37.3 Å². The highest BCUT2D eigenvalue weighted by Crippen LogP contribution is 2.19. The Morgan fingerprint density at radius 2 is 1.79 bits per heavy atom. The van der Waals surface area contributed by atoms with Crippen molar-refractivity contribution in [3.63, 3.8) is 0 Å². The molecule has 28 heavy (non-hydrogen) atoms. The smallest absolute Gasteiger partial charge is 0.257 e. The lowest BCUT2D eigenvalue weighted by Crippen LogP contribution is -2.48. The van der Waals surface area contributed by atoms with E-state index in [-0.39, 0.29) is 11.7 Å². The van der Waals surface area contributed by atoms with Crippen LogP contribution in [0.1, 0.15) is 21.7 Å². The molecule has 0 bridgehead atoms. The van der Waals surface area contributed by atoms with E-state index in [2.05, 4.69) is 15.0 Å². The van der Waals surface area contributed by atoms with Crippen LogP contribution >= 0.6 is 0 Å². The summed E-state index contributed by atoms with van der Waals surface area (Å²) >= 11 is 0. The number of nitrogens with zero attached hydrogens (tertiary/aromatic N) is 4. The lowest BCUT2D eigenvalue weighted by Gasteiger charge is -2.34. The number of carbonyl (C=O) groups excluding carboxylic acids is 1. The first-order valence-corrected chi connectivity index (χ1v) is 9.26. The average molecular weight is 380 g/mol. The van der Waals surface area contributed by atoms with Crippen LogP contribution in [-0.2, 0) is 6.54 Å². The zero-order valence-corrected chi connectivity index (χ0v) is 15.6. The lowest BCUT2D eigenvalue weighted by molar-refractivity contribution is 0.0627. The summed E-state index contributed by atoms with van der Waals surface area (Å²) in [5, 5.41) is 3.78. The molecular weight excluding hydrogens is 359 g/mol. The van der Waals surface area contributed by atoms with Gasteiger partial charge < -0.3 is 9.42 Å². The van der Waals surface area contributed by atoms with Crippen molar-refractivity contribution >= 4 is 5.91 Å². The monoisotopic (exact) mass is 380 g/mol. The van der Waals surface area contributed by atoms with E-state index >= 15 is 0 Å². The summed E-state index contributed by atoms with van der Waals surface area (Å²) in [5.41, 5.74) is 2.10. The molecule has 1 saturated heterocycles. The maximum atomic E-state index is 13.8. The van der Waals surface area contributed by atoms with Crippen molar-refractivity contribution in [1.29, 1.82) is 0 Å². The molecule has 1 fully saturated rings. The Kier molecular flexibility index (Phi) is 5.16. The topological polar surface area (TPSA) is 62.5 Å². The molecule has 0 unspecified atom stereocenters. The molecule has 2 heterocycles. The number of rotatable bonds is 4. The fraction of sp³-hybridized carbons (Fsp3) is 0.286. The van der Waals surface area contributed by atoms with Crippen LogP contribution in [0.5, 0.6) is 0 Å². The molecule has 0 radical (unpaired) electrons. The third-order valence-electron chi connectivity index (χ3n) is 4.92. The van der Waals surface area contributed by atoms with Crippen molar-refractivity contribution in [1.82, 2.24) is 19.9 Å². The van der Waals surface area contributed by atoms with E-state index in [1.54, 1.807) is 31.2 Å². The lowest BCUT2D eigenvalue weighted by atomic mass is 10.1. The van der Waals surface area contributed by atoms with Gasteiger partial charge in [-0.2, -0.15) is 4.98 Å². The average Bonchev–Trinajstić information content (AvgIpc) is 3.16. The second-order valence-electron chi connectivity index (χ2n) is 6.88. The third kappa shape index (κ3) is 3.94. The number of hydrogen-bond acceptors (Lipinski definition) is 5. The first-order valence-electron chi connectivity index (χ1n) is 9.26. The number of amides is 1. The minimum atomic E-state index is -0.183. The van der Waals surface area contributed by atoms with E-state index < -0.39 is 0 Å². The second-order valence-corrected chi connectivity index (χ2v) is 6.88. The van der Waals surface area contributed by atoms with E-state index in [0.717, 1.165) is 18.7 Å². The fourth-order valence-electron chi connectivity index (χ4n) is 3.33. The fourth-order valence-corrected chi connectivity index (χ4v) is 3.33. The standard InChI is InChI=1S/C21H21FN4O2/c1-15-23-20(28-24-15)16-6-8-17(9-7-16)21(27)26-12-10-25(11-13-26)14-18-4-2-3-5-19(18)22/h2-9H,10-14H2,1H3. The largest absolute Gasteiger partial charge is 0.336 e. The van der Waals surface area contributed by atoms with Crippen LogP contribution in [0.15, 0.2) is 53.1 Å². The maximum absolute atomic E-state index is 13.8. The quantitative estimate of drug-likeness (QED) is 0.696. The molecule has 1 aliphatic rings. The van der Waals surface area contributed by atoms with Gasteiger partial charge in [0, 0.05) is 49.4 Å². The minimum Gasteiger partial charge on any atom is -0.336 e. The number of aryl methyl sites for hydroxylation is 1. The molecule has 1 aliphatic heterocycles. The number of carbonyl (C=O) groups is 1. The number of piperazine rings is 1. The Balaban J connectivity index is 1.35. The highest BCUT2D eigenvalue weighted by Gasteiger charge is 2.23. The van der Waals surface area contributed by atoms with Crippen LogP contribution in [0.3, 0.4) is 0 Å². The van der Waals surface area contributed by atoms with Gasteiger partial charge in [0.15, 0.2) is 5.82 Å².